The minimum Gasteiger partial charge on any atom is -0.445 e. The summed E-state index contributed by atoms with van der Waals surface area (Å²) in [6, 6.07) is 0.130. The first-order chi connectivity index (χ1) is 10.3. The van der Waals surface area contributed by atoms with E-state index in [9.17, 15) is 9.59 Å². The van der Waals surface area contributed by atoms with E-state index in [4.69, 9.17) is 15.2 Å². The Morgan fingerprint density at radius 3 is 2.41 bits per heavy atom. The molecule has 7 heteroatoms. The molecule has 0 spiro atoms. The Balaban J connectivity index is 1.82. The molecule has 2 aliphatic heterocycles. The molecule has 2 rings (SSSR count). The maximum absolute atomic E-state index is 12.0. The van der Waals surface area contributed by atoms with E-state index >= 15 is 0 Å². The van der Waals surface area contributed by atoms with Gasteiger partial charge in [0.1, 0.15) is 11.7 Å². The summed E-state index contributed by atoms with van der Waals surface area (Å²) in [6.45, 7) is 7.82. The topological polar surface area (TPSA) is 85.1 Å². The van der Waals surface area contributed by atoms with Gasteiger partial charge in [0.2, 0.25) is 0 Å². The van der Waals surface area contributed by atoms with Gasteiger partial charge < -0.3 is 25.0 Å². The van der Waals surface area contributed by atoms with Gasteiger partial charge in [0.25, 0.3) is 0 Å². The number of piperidine rings is 1. The second-order valence-corrected chi connectivity index (χ2v) is 6.92. The van der Waals surface area contributed by atoms with Crippen molar-refractivity contribution >= 4 is 12.2 Å². The second-order valence-electron chi connectivity index (χ2n) is 6.92. The van der Waals surface area contributed by atoms with Crippen LogP contribution in [0.3, 0.4) is 0 Å². The number of nitrogens with two attached hydrogens (primary N) is 1. The number of hydrogen-bond donors (Lipinski definition) is 1. The number of carbonyl (C=O) groups excluding carboxylic acids is 2. The highest BCUT2D eigenvalue weighted by Crippen LogP contribution is 2.23. The zero-order valence-electron chi connectivity index (χ0n) is 13.7. The van der Waals surface area contributed by atoms with Crippen LogP contribution in [0.4, 0.5) is 9.59 Å². The van der Waals surface area contributed by atoms with Gasteiger partial charge in [-0.05, 0) is 33.6 Å². The maximum atomic E-state index is 12.0. The van der Waals surface area contributed by atoms with Crippen molar-refractivity contribution in [3.63, 3.8) is 0 Å². The van der Waals surface area contributed by atoms with Crippen molar-refractivity contribution < 1.29 is 19.1 Å². The van der Waals surface area contributed by atoms with Crippen LogP contribution in [0.1, 0.15) is 40.0 Å². The average Bonchev–Trinajstić information content (AvgIpc) is 2.45. The lowest BCUT2D eigenvalue weighted by Gasteiger charge is -2.41. The summed E-state index contributed by atoms with van der Waals surface area (Å²) < 4.78 is 10.7. The van der Waals surface area contributed by atoms with Gasteiger partial charge in [0, 0.05) is 38.6 Å². The molecule has 0 bridgehead atoms. The van der Waals surface area contributed by atoms with Crippen LogP contribution in [-0.4, -0.2) is 65.9 Å². The van der Waals surface area contributed by atoms with Crippen molar-refractivity contribution in [2.24, 2.45) is 5.73 Å². The van der Waals surface area contributed by atoms with Gasteiger partial charge >= 0.3 is 12.2 Å². The fraction of sp³-hybridized carbons (Fsp3) is 0.867. The highest BCUT2D eigenvalue weighted by molar-refractivity contribution is 5.70. The van der Waals surface area contributed by atoms with Crippen LogP contribution in [0.15, 0.2) is 0 Å². The monoisotopic (exact) mass is 313 g/mol. The molecule has 0 saturated carbocycles. The van der Waals surface area contributed by atoms with Crippen molar-refractivity contribution in [1.82, 2.24) is 9.80 Å². The van der Waals surface area contributed by atoms with E-state index in [1.807, 2.05) is 20.8 Å². The third-order valence-corrected chi connectivity index (χ3v) is 4.01. The number of carbonyl (C=O) groups is 2. The van der Waals surface area contributed by atoms with E-state index in [1.54, 1.807) is 9.80 Å². The molecule has 1 unspecified atom stereocenters. The van der Waals surface area contributed by atoms with E-state index < -0.39 is 5.60 Å². The van der Waals surface area contributed by atoms with Crippen LogP contribution in [-0.2, 0) is 9.47 Å². The summed E-state index contributed by atoms with van der Waals surface area (Å²) in [5.74, 6) is 0. The molecule has 0 aromatic carbocycles. The standard InChI is InChI=1S/C15H27N3O4/c1-15(2,3)22-13(19)17-7-4-11(5-8-17)18-9-6-12(10-16)21-14(18)20/h11-12H,4-10,16H2,1-3H3. The normalized spacial score (nSPS) is 24.2. The minimum absolute atomic E-state index is 0.130. The number of rotatable bonds is 2. The molecule has 2 N–H and O–H groups in total. The Labute approximate surface area is 131 Å². The third-order valence-electron chi connectivity index (χ3n) is 4.01. The molecule has 1 atom stereocenters. The van der Waals surface area contributed by atoms with Crippen LogP contribution >= 0.6 is 0 Å². The number of amides is 2. The third kappa shape index (κ3) is 4.25. The average molecular weight is 313 g/mol. The largest absolute Gasteiger partial charge is 0.445 e. The SMILES string of the molecule is CC(C)(C)OC(=O)N1CCC(N2CCC(CN)OC2=O)CC1. The number of ether oxygens (including phenoxy) is 2. The van der Waals surface area contributed by atoms with Crippen molar-refractivity contribution in [3.8, 4) is 0 Å². The van der Waals surface area contributed by atoms with Crippen LogP contribution in [0.5, 0.6) is 0 Å². The highest BCUT2D eigenvalue weighted by Gasteiger charge is 2.35. The van der Waals surface area contributed by atoms with Crippen molar-refractivity contribution in [3.05, 3.63) is 0 Å². The molecular weight excluding hydrogens is 286 g/mol. The molecule has 2 amide bonds. The van der Waals surface area contributed by atoms with Gasteiger partial charge in [0.15, 0.2) is 0 Å². The Morgan fingerprint density at radius 1 is 1.27 bits per heavy atom. The lowest BCUT2D eigenvalue weighted by molar-refractivity contribution is -0.00442. The van der Waals surface area contributed by atoms with E-state index in [-0.39, 0.29) is 24.3 Å². The van der Waals surface area contributed by atoms with E-state index in [1.165, 1.54) is 0 Å². The molecule has 0 aromatic heterocycles. The first-order valence-electron chi connectivity index (χ1n) is 7.95. The zero-order valence-corrected chi connectivity index (χ0v) is 13.7. The molecule has 0 radical (unpaired) electrons. The molecule has 2 aliphatic rings. The predicted molar refractivity (Wildman–Crippen MR) is 81.5 cm³/mol. The van der Waals surface area contributed by atoms with Crippen LogP contribution < -0.4 is 5.73 Å². The molecule has 2 saturated heterocycles. The number of likely N-dealkylation sites (tertiary alicyclic amines) is 1. The van der Waals surface area contributed by atoms with E-state index in [2.05, 4.69) is 0 Å². The smallest absolute Gasteiger partial charge is 0.410 e. The fourth-order valence-corrected chi connectivity index (χ4v) is 2.83. The summed E-state index contributed by atoms with van der Waals surface area (Å²) in [6.07, 6.45) is 1.55. The van der Waals surface area contributed by atoms with Crippen LogP contribution in [0, 0.1) is 0 Å². The van der Waals surface area contributed by atoms with Gasteiger partial charge in [-0.1, -0.05) is 0 Å². The molecule has 2 fully saturated rings. The lowest BCUT2D eigenvalue weighted by Crippen LogP contribution is -2.53. The molecule has 7 nitrogen and oxygen atoms in total. The van der Waals surface area contributed by atoms with E-state index in [0.29, 0.717) is 26.2 Å². The van der Waals surface area contributed by atoms with Gasteiger partial charge in [-0.15, -0.1) is 0 Å². The summed E-state index contributed by atoms with van der Waals surface area (Å²) in [5, 5.41) is 0. The Morgan fingerprint density at radius 2 is 1.91 bits per heavy atom. The van der Waals surface area contributed by atoms with Crippen LogP contribution in [0.25, 0.3) is 0 Å². The number of cyclic esters (lactones) is 1. The van der Waals surface area contributed by atoms with Gasteiger partial charge in [-0.3, -0.25) is 0 Å². The Kier molecular flexibility index (Phi) is 5.16. The maximum Gasteiger partial charge on any atom is 0.410 e. The number of nitrogens with zero attached hydrogens (tertiary/aromatic N) is 2. The van der Waals surface area contributed by atoms with Gasteiger partial charge in [-0.25, -0.2) is 9.59 Å². The Hall–Kier alpha value is -1.50. The molecular formula is C15H27N3O4. The summed E-state index contributed by atoms with van der Waals surface area (Å²) in [5.41, 5.74) is 5.05. The molecule has 0 aliphatic carbocycles. The molecule has 126 valence electrons. The van der Waals surface area contributed by atoms with Crippen LogP contribution in [0.2, 0.25) is 0 Å². The Bertz CT molecular complexity index is 414. The van der Waals surface area contributed by atoms with Crippen molar-refractivity contribution in [2.75, 3.05) is 26.2 Å². The van der Waals surface area contributed by atoms with Crippen molar-refractivity contribution in [2.45, 2.75) is 57.8 Å². The first-order valence-corrected chi connectivity index (χ1v) is 7.95. The lowest BCUT2D eigenvalue weighted by atomic mass is 10.0. The fourth-order valence-electron chi connectivity index (χ4n) is 2.83. The summed E-state index contributed by atoms with van der Waals surface area (Å²) >= 11 is 0. The molecule has 22 heavy (non-hydrogen) atoms. The zero-order chi connectivity index (χ0) is 16.3. The highest BCUT2D eigenvalue weighted by atomic mass is 16.6. The molecule has 0 aromatic rings. The quantitative estimate of drug-likeness (QED) is 0.836. The number of hydrogen-bond acceptors (Lipinski definition) is 5. The summed E-state index contributed by atoms with van der Waals surface area (Å²) in [4.78, 5) is 27.5. The van der Waals surface area contributed by atoms with Crippen molar-refractivity contribution in [1.29, 1.82) is 0 Å². The van der Waals surface area contributed by atoms with Gasteiger partial charge in [-0.2, -0.15) is 0 Å². The molecule has 2 heterocycles. The first kappa shape index (κ1) is 16.9. The van der Waals surface area contributed by atoms with E-state index in [0.717, 1.165) is 19.3 Å². The summed E-state index contributed by atoms with van der Waals surface area (Å²) in [7, 11) is 0. The second kappa shape index (κ2) is 6.73. The minimum atomic E-state index is -0.484. The predicted octanol–water partition coefficient (Wildman–Crippen LogP) is 1.56. The van der Waals surface area contributed by atoms with Gasteiger partial charge in [0.05, 0.1) is 0 Å².